The summed E-state index contributed by atoms with van der Waals surface area (Å²) in [6.45, 7) is 1.91. The number of pyridine rings is 3. The topological polar surface area (TPSA) is 100 Å². The lowest BCUT2D eigenvalue weighted by Gasteiger charge is -2.15. The molecule has 3 N–H and O–H groups in total. The Labute approximate surface area is 192 Å². The Hall–Kier alpha value is -4.05. The lowest BCUT2D eigenvalue weighted by Crippen LogP contribution is -2.21. The third-order valence-corrected chi connectivity index (χ3v) is 5.27. The first-order valence-electron chi connectivity index (χ1n) is 10.2. The van der Waals surface area contributed by atoms with Crippen LogP contribution in [-0.4, -0.2) is 39.2 Å². The number of carbonyl (C=O) groups excluding carboxylic acids is 1. The first kappa shape index (κ1) is 23.1. The molecule has 0 saturated heterocycles. The van der Waals surface area contributed by atoms with Crippen molar-refractivity contribution in [3.05, 3.63) is 77.9 Å². The molecule has 1 atom stereocenters. The Morgan fingerprint density at radius 2 is 1.82 bits per heavy atom. The number of hydrogen-bond acceptors (Lipinski definition) is 6. The van der Waals surface area contributed by atoms with Crippen LogP contribution in [0.15, 0.2) is 61.1 Å². The van der Waals surface area contributed by atoms with E-state index in [-0.39, 0.29) is 5.69 Å². The molecule has 1 aromatic carbocycles. The predicted molar refractivity (Wildman–Crippen MR) is 122 cm³/mol. The van der Waals surface area contributed by atoms with Gasteiger partial charge in [0.2, 0.25) is 0 Å². The minimum absolute atomic E-state index is 0.248. The molecule has 34 heavy (non-hydrogen) atoms. The number of rotatable bonds is 5. The zero-order valence-electron chi connectivity index (χ0n) is 18.2. The highest BCUT2D eigenvalue weighted by Crippen LogP contribution is 2.33. The van der Waals surface area contributed by atoms with Gasteiger partial charge in [0.05, 0.1) is 5.52 Å². The molecule has 7 nitrogen and oxygen atoms in total. The summed E-state index contributed by atoms with van der Waals surface area (Å²) >= 11 is 0. The lowest BCUT2D eigenvalue weighted by atomic mass is 10.00. The van der Waals surface area contributed by atoms with Gasteiger partial charge in [-0.25, -0.2) is 4.98 Å². The second-order valence-corrected chi connectivity index (χ2v) is 7.64. The van der Waals surface area contributed by atoms with Crippen molar-refractivity contribution in [3.63, 3.8) is 0 Å². The number of hydrogen-bond donors (Lipinski definition) is 3. The smallest absolute Gasteiger partial charge is 0.379 e. The normalized spacial score (nSPS) is 12.4. The molecule has 0 bridgehead atoms. The minimum atomic E-state index is -4.85. The summed E-state index contributed by atoms with van der Waals surface area (Å²) in [4.78, 5) is 25.3. The number of benzene rings is 1. The zero-order valence-corrected chi connectivity index (χ0v) is 18.2. The van der Waals surface area contributed by atoms with Crippen LogP contribution < -0.4 is 10.6 Å². The molecule has 0 radical (unpaired) electrons. The van der Waals surface area contributed by atoms with Crippen molar-refractivity contribution < 1.29 is 23.1 Å². The van der Waals surface area contributed by atoms with Crippen LogP contribution >= 0.6 is 0 Å². The van der Waals surface area contributed by atoms with Gasteiger partial charge in [-0.2, -0.15) is 13.2 Å². The molecule has 4 rings (SSSR count). The number of alkyl halides is 3. The molecule has 0 aliphatic heterocycles. The first-order chi connectivity index (χ1) is 16.2. The Bertz CT molecular complexity index is 1370. The van der Waals surface area contributed by atoms with E-state index in [1.165, 1.54) is 0 Å². The highest BCUT2D eigenvalue weighted by Gasteiger charge is 2.39. The van der Waals surface area contributed by atoms with Gasteiger partial charge in [0.15, 0.2) is 6.10 Å². The van der Waals surface area contributed by atoms with Crippen LogP contribution in [0.2, 0.25) is 0 Å². The molecule has 0 saturated carbocycles. The van der Waals surface area contributed by atoms with Gasteiger partial charge in [-0.15, -0.1) is 0 Å². The maximum Gasteiger partial charge on any atom is 0.418 e. The van der Waals surface area contributed by atoms with Crippen molar-refractivity contribution in [1.82, 2.24) is 15.0 Å². The molecule has 3 aromatic heterocycles. The van der Waals surface area contributed by atoms with E-state index in [1.54, 1.807) is 31.6 Å². The van der Waals surface area contributed by atoms with Crippen molar-refractivity contribution in [2.75, 3.05) is 17.7 Å². The van der Waals surface area contributed by atoms with Crippen LogP contribution in [-0.2, 0) is 0 Å². The molecule has 174 valence electrons. The number of aromatic nitrogens is 3. The molecule has 3 heterocycles. The van der Waals surface area contributed by atoms with Crippen LogP contribution in [0, 0.1) is 6.92 Å². The van der Waals surface area contributed by atoms with E-state index in [0.29, 0.717) is 11.5 Å². The summed E-state index contributed by atoms with van der Waals surface area (Å²) < 4.78 is 38.4. The van der Waals surface area contributed by atoms with Crippen molar-refractivity contribution in [3.8, 4) is 11.1 Å². The molecule has 0 aliphatic rings. The second kappa shape index (κ2) is 9.06. The van der Waals surface area contributed by atoms with Gasteiger partial charge in [0.1, 0.15) is 11.5 Å². The van der Waals surface area contributed by atoms with Gasteiger partial charge in [0.25, 0.3) is 5.91 Å². The van der Waals surface area contributed by atoms with Gasteiger partial charge in [0, 0.05) is 48.3 Å². The van der Waals surface area contributed by atoms with E-state index in [1.807, 2.05) is 25.1 Å². The molecule has 0 aliphatic carbocycles. The van der Waals surface area contributed by atoms with Crippen LogP contribution in [0.1, 0.15) is 27.7 Å². The van der Waals surface area contributed by atoms with E-state index in [2.05, 4.69) is 25.6 Å². The molecular formula is C24H20F3N5O2. The minimum Gasteiger partial charge on any atom is -0.379 e. The summed E-state index contributed by atoms with van der Waals surface area (Å²) in [5.41, 5.74) is 3.06. The lowest BCUT2D eigenvalue weighted by molar-refractivity contribution is -0.206. The Morgan fingerprint density at radius 3 is 2.56 bits per heavy atom. The van der Waals surface area contributed by atoms with Gasteiger partial charge in [-0.1, -0.05) is 6.07 Å². The van der Waals surface area contributed by atoms with Crippen molar-refractivity contribution in [1.29, 1.82) is 0 Å². The van der Waals surface area contributed by atoms with Crippen LogP contribution in [0.3, 0.4) is 0 Å². The number of halogens is 3. The summed E-state index contributed by atoms with van der Waals surface area (Å²) in [5, 5.41) is 15.9. The van der Waals surface area contributed by atoms with E-state index >= 15 is 0 Å². The summed E-state index contributed by atoms with van der Waals surface area (Å²) in [5.74, 6) is 0.000491. The monoisotopic (exact) mass is 467 g/mol. The fraction of sp³-hybridized carbons (Fsp3) is 0.167. The molecule has 0 unspecified atom stereocenters. The quantitative estimate of drug-likeness (QED) is 0.387. The fourth-order valence-electron chi connectivity index (χ4n) is 3.44. The number of carbonyl (C=O) groups is 1. The van der Waals surface area contributed by atoms with Crippen molar-refractivity contribution in [2.45, 2.75) is 19.2 Å². The predicted octanol–water partition coefficient (Wildman–Crippen LogP) is 4.89. The summed E-state index contributed by atoms with van der Waals surface area (Å²) in [6, 6.07) is 10.9. The molecule has 1 amide bonds. The fourth-order valence-corrected chi connectivity index (χ4v) is 3.44. The van der Waals surface area contributed by atoms with Gasteiger partial charge in [-0.05, 0) is 53.9 Å². The molecule has 4 aromatic rings. The Morgan fingerprint density at radius 1 is 1.03 bits per heavy atom. The number of aryl methyl sites for hydroxylation is 1. The molecule has 10 heteroatoms. The van der Waals surface area contributed by atoms with Crippen molar-refractivity contribution in [2.24, 2.45) is 0 Å². The highest BCUT2D eigenvalue weighted by molar-refractivity contribution is 6.03. The standard InChI is InChI=1S/C24H20F3N5O2/c1-13-3-4-17(32-23(34)20-8-14(5-6-29-20)22(33)24(25,26)27)9-18(13)15-7-16-12-31-21(28-2)10-19(16)30-11-15/h3-12,22,33H,1-2H3,(H,28,31)(H,32,34)/t22-/m0/s1. The summed E-state index contributed by atoms with van der Waals surface area (Å²) in [7, 11) is 1.77. The van der Waals surface area contributed by atoms with E-state index in [0.717, 1.165) is 45.9 Å². The number of nitrogens with zero attached hydrogens (tertiary/aromatic N) is 3. The van der Waals surface area contributed by atoms with Crippen molar-refractivity contribution >= 4 is 28.3 Å². The number of nitrogens with one attached hydrogen (secondary N) is 2. The number of aliphatic hydroxyl groups is 1. The van der Waals surface area contributed by atoms with E-state index in [9.17, 15) is 23.1 Å². The second-order valence-electron chi connectivity index (χ2n) is 7.64. The third-order valence-electron chi connectivity index (χ3n) is 5.27. The van der Waals surface area contributed by atoms with Gasteiger partial charge in [-0.3, -0.25) is 14.8 Å². The van der Waals surface area contributed by atoms with Crippen LogP contribution in [0.4, 0.5) is 24.7 Å². The summed E-state index contributed by atoms with van der Waals surface area (Å²) in [6.07, 6.45) is -3.06. The maximum absolute atomic E-state index is 12.8. The van der Waals surface area contributed by atoms with E-state index in [4.69, 9.17) is 0 Å². The van der Waals surface area contributed by atoms with Gasteiger partial charge >= 0.3 is 6.18 Å². The molecule has 0 spiro atoms. The average Bonchev–Trinajstić information content (AvgIpc) is 2.83. The SMILES string of the molecule is CNc1cc2ncc(-c3cc(NC(=O)c4cc([C@H](O)C(F)(F)F)ccn4)ccc3C)cc2cn1. The Balaban J connectivity index is 1.61. The average molecular weight is 467 g/mol. The largest absolute Gasteiger partial charge is 0.418 e. The van der Waals surface area contributed by atoms with E-state index < -0.39 is 23.8 Å². The number of amides is 1. The van der Waals surface area contributed by atoms with Crippen LogP contribution in [0.25, 0.3) is 22.0 Å². The van der Waals surface area contributed by atoms with Gasteiger partial charge < -0.3 is 15.7 Å². The first-order valence-corrected chi connectivity index (χ1v) is 10.2. The third kappa shape index (κ3) is 4.81. The number of fused-ring (bicyclic) bond motifs is 1. The number of aliphatic hydroxyl groups excluding tert-OH is 1. The molecule has 0 fully saturated rings. The number of anilines is 2. The van der Waals surface area contributed by atoms with Crippen LogP contribution in [0.5, 0.6) is 0 Å². The Kier molecular flexibility index (Phi) is 6.16. The zero-order chi connectivity index (χ0) is 24.5. The molecular weight excluding hydrogens is 447 g/mol. The maximum atomic E-state index is 12.8. The highest BCUT2D eigenvalue weighted by atomic mass is 19.4.